The molecule has 3 N–H and O–H groups in total. The van der Waals surface area contributed by atoms with Crippen LogP contribution >= 0.6 is 0 Å². The molecule has 0 radical (unpaired) electrons. The third kappa shape index (κ3) is 4.80. The zero-order valence-corrected chi connectivity index (χ0v) is 22.3. The maximum absolute atomic E-state index is 13.6. The molecule has 2 aliphatic rings. The zero-order chi connectivity index (χ0) is 28.0. The number of aryl methyl sites for hydroxylation is 1. The third-order valence-corrected chi connectivity index (χ3v) is 7.60. The predicted molar refractivity (Wildman–Crippen MR) is 154 cm³/mol. The number of pyridine rings is 1. The molecule has 9 nitrogen and oxygen atoms in total. The van der Waals surface area contributed by atoms with Gasteiger partial charge in [0.15, 0.2) is 5.82 Å². The van der Waals surface area contributed by atoms with Crippen molar-refractivity contribution >= 4 is 23.1 Å². The smallest absolute Gasteiger partial charge is 0.274 e. The lowest BCUT2D eigenvalue weighted by molar-refractivity contribution is 0.0980. The second kappa shape index (κ2) is 10.2. The third-order valence-electron chi connectivity index (χ3n) is 7.60. The normalized spacial score (nSPS) is 14.8. The number of amides is 1. The summed E-state index contributed by atoms with van der Waals surface area (Å²) in [6, 6.07) is 15.2. The van der Waals surface area contributed by atoms with Crippen molar-refractivity contribution < 1.29 is 15.0 Å². The first kappa shape index (κ1) is 25.6. The lowest BCUT2D eigenvalue weighted by Gasteiger charge is -2.31. The highest BCUT2D eigenvalue weighted by molar-refractivity contribution is 6.09. The zero-order valence-electron chi connectivity index (χ0n) is 22.3. The number of nitrogens with zero attached hydrogens (tertiary/aromatic N) is 4. The van der Waals surface area contributed by atoms with Gasteiger partial charge in [0.1, 0.15) is 11.4 Å². The average Bonchev–Trinajstić information content (AvgIpc) is 3.71. The summed E-state index contributed by atoms with van der Waals surface area (Å²) in [5, 5.41) is 27.3. The molecule has 0 spiro atoms. The number of nitrogens with one attached hydrogen (secondary N) is 1. The van der Waals surface area contributed by atoms with Gasteiger partial charge in [0.25, 0.3) is 11.5 Å². The molecule has 4 aromatic rings. The Morgan fingerprint density at radius 1 is 1.12 bits per heavy atom. The number of hydrogen-bond acceptors (Lipinski definition) is 6. The fourth-order valence-corrected chi connectivity index (χ4v) is 5.46. The molecule has 1 saturated carbocycles. The van der Waals surface area contributed by atoms with E-state index in [-0.39, 0.29) is 30.4 Å². The molecule has 0 bridgehead atoms. The minimum atomic E-state index is -0.274. The number of aliphatic hydroxyl groups is 2. The second-order valence-electron chi connectivity index (χ2n) is 10.5. The molecule has 1 aliphatic heterocycles. The SMILES string of the molecule is C=C(O)Cn1ccc(Nc2cc(-c3cccc(N4CCc5cc(C6CC6)ccc5C4=O)c3CO)cn(C)c2=O)n1. The Morgan fingerprint density at radius 2 is 1.95 bits per heavy atom. The minimum absolute atomic E-state index is 0.0253. The summed E-state index contributed by atoms with van der Waals surface area (Å²) in [4.78, 5) is 28.3. The van der Waals surface area contributed by atoms with E-state index in [9.17, 15) is 19.8 Å². The first-order valence-electron chi connectivity index (χ1n) is 13.4. The van der Waals surface area contributed by atoms with Gasteiger partial charge in [-0.15, -0.1) is 0 Å². The number of anilines is 3. The Bertz CT molecular complexity index is 1700. The molecule has 40 heavy (non-hydrogen) atoms. The van der Waals surface area contributed by atoms with Gasteiger partial charge in [-0.05, 0) is 60.1 Å². The molecule has 1 aliphatic carbocycles. The van der Waals surface area contributed by atoms with Crippen LogP contribution in [-0.2, 0) is 26.6 Å². The van der Waals surface area contributed by atoms with E-state index >= 15 is 0 Å². The number of carbonyl (C=O) groups is 1. The number of benzene rings is 2. The van der Waals surface area contributed by atoms with Crippen LogP contribution in [-0.4, -0.2) is 37.0 Å². The second-order valence-corrected chi connectivity index (χ2v) is 10.5. The van der Waals surface area contributed by atoms with E-state index in [0.29, 0.717) is 46.3 Å². The largest absolute Gasteiger partial charge is 0.511 e. The van der Waals surface area contributed by atoms with Crippen LogP contribution in [0.5, 0.6) is 0 Å². The molecule has 0 atom stereocenters. The number of aliphatic hydroxyl groups excluding tert-OH is 2. The van der Waals surface area contributed by atoms with E-state index in [1.807, 2.05) is 24.3 Å². The molecule has 0 unspecified atom stereocenters. The summed E-state index contributed by atoms with van der Waals surface area (Å²) in [5.41, 5.74) is 5.88. The quantitative estimate of drug-likeness (QED) is 0.283. The Kier molecular flexibility index (Phi) is 6.51. The predicted octanol–water partition coefficient (Wildman–Crippen LogP) is 4.64. The van der Waals surface area contributed by atoms with Gasteiger partial charge in [0.2, 0.25) is 0 Å². The summed E-state index contributed by atoms with van der Waals surface area (Å²) in [5.74, 6) is 0.977. The van der Waals surface area contributed by atoms with Crippen LogP contribution in [0.15, 0.2) is 78.1 Å². The van der Waals surface area contributed by atoms with Gasteiger partial charge < -0.3 is 25.0 Å². The first-order chi connectivity index (χ1) is 19.3. The van der Waals surface area contributed by atoms with Gasteiger partial charge in [0.05, 0.1) is 18.8 Å². The molecule has 2 aromatic carbocycles. The van der Waals surface area contributed by atoms with Crippen LogP contribution in [0.4, 0.5) is 17.2 Å². The highest BCUT2D eigenvalue weighted by Gasteiger charge is 2.30. The van der Waals surface area contributed by atoms with Crippen molar-refractivity contribution in [1.29, 1.82) is 0 Å². The molecular weight excluding hydrogens is 506 g/mol. The van der Waals surface area contributed by atoms with Gasteiger partial charge in [-0.3, -0.25) is 14.3 Å². The Balaban J connectivity index is 1.34. The topological polar surface area (TPSA) is 113 Å². The molecule has 1 amide bonds. The van der Waals surface area contributed by atoms with Crippen LogP contribution in [0.1, 0.15) is 45.8 Å². The van der Waals surface area contributed by atoms with Gasteiger partial charge >= 0.3 is 0 Å². The minimum Gasteiger partial charge on any atom is -0.511 e. The molecule has 2 aromatic heterocycles. The van der Waals surface area contributed by atoms with Crippen LogP contribution in [0.25, 0.3) is 11.1 Å². The van der Waals surface area contributed by atoms with Crippen LogP contribution in [0, 0.1) is 0 Å². The van der Waals surface area contributed by atoms with Crippen LogP contribution < -0.4 is 15.8 Å². The summed E-state index contributed by atoms with van der Waals surface area (Å²) in [6.45, 7) is 3.88. The maximum atomic E-state index is 13.6. The fourth-order valence-electron chi connectivity index (χ4n) is 5.46. The molecule has 9 heteroatoms. The van der Waals surface area contributed by atoms with Crippen molar-refractivity contribution in [2.45, 2.75) is 38.3 Å². The van der Waals surface area contributed by atoms with E-state index < -0.39 is 0 Å². The maximum Gasteiger partial charge on any atom is 0.274 e. The van der Waals surface area contributed by atoms with Crippen LogP contribution in [0.2, 0.25) is 0 Å². The number of allylic oxidation sites excluding steroid dienone is 1. The highest BCUT2D eigenvalue weighted by atomic mass is 16.3. The van der Waals surface area contributed by atoms with Crippen molar-refractivity contribution in [1.82, 2.24) is 14.3 Å². The number of hydrogen-bond donors (Lipinski definition) is 3. The molecule has 3 heterocycles. The van der Waals surface area contributed by atoms with Gasteiger partial charge in [-0.2, -0.15) is 5.10 Å². The van der Waals surface area contributed by atoms with E-state index in [2.05, 4.69) is 29.1 Å². The Hall–Kier alpha value is -4.63. The number of rotatable bonds is 8. The van der Waals surface area contributed by atoms with Crippen molar-refractivity contribution in [2.75, 3.05) is 16.8 Å². The average molecular weight is 538 g/mol. The molecule has 6 rings (SSSR count). The monoisotopic (exact) mass is 537 g/mol. The standard InChI is InChI=1S/C31H31N5O4/c1-19(38)16-35-12-11-29(33-35)32-27-15-23(17-34(2)31(27)40)24-4-3-5-28(26(24)18-37)36-13-10-22-14-21(20-6-7-20)8-9-25(22)30(36)39/h3-5,8-9,11-12,14-15,17,20,37-38H,1,6-7,10,13,16,18H2,2H3,(H,32,33). The number of fused-ring (bicyclic) bond motifs is 1. The molecule has 0 saturated heterocycles. The fraction of sp³-hybridized carbons (Fsp3) is 0.258. The first-order valence-corrected chi connectivity index (χ1v) is 13.4. The Morgan fingerprint density at radius 3 is 2.70 bits per heavy atom. The summed E-state index contributed by atoms with van der Waals surface area (Å²) >= 11 is 0. The van der Waals surface area contributed by atoms with Gasteiger partial charge in [-0.1, -0.05) is 30.8 Å². The summed E-state index contributed by atoms with van der Waals surface area (Å²) < 4.78 is 2.98. The molecule has 1 fully saturated rings. The van der Waals surface area contributed by atoms with Gasteiger partial charge in [0, 0.05) is 48.7 Å². The van der Waals surface area contributed by atoms with E-state index in [4.69, 9.17) is 0 Å². The summed E-state index contributed by atoms with van der Waals surface area (Å²) in [7, 11) is 1.66. The molecular formula is C31H31N5O4. The molecule has 204 valence electrons. The van der Waals surface area contributed by atoms with Crippen molar-refractivity contribution in [3.8, 4) is 11.1 Å². The van der Waals surface area contributed by atoms with Crippen molar-refractivity contribution in [3.05, 3.63) is 106 Å². The number of aromatic nitrogens is 3. The van der Waals surface area contributed by atoms with Crippen molar-refractivity contribution in [3.63, 3.8) is 0 Å². The lowest BCUT2D eigenvalue weighted by Crippen LogP contribution is -2.38. The Labute approximate surface area is 231 Å². The van der Waals surface area contributed by atoms with E-state index in [1.54, 1.807) is 36.5 Å². The van der Waals surface area contributed by atoms with Crippen molar-refractivity contribution in [2.24, 2.45) is 7.05 Å². The summed E-state index contributed by atoms with van der Waals surface area (Å²) in [6.07, 6.45) is 6.58. The van der Waals surface area contributed by atoms with E-state index in [1.165, 1.54) is 27.7 Å². The number of carbonyl (C=O) groups excluding carboxylic acids is 1. The van der Waals surface area contributed by atoms with E-state index in [0.717, 1.165) is 17.5 Å². The van der Waals surface area contributed by atoms with Gasteiger partial charge in [-0.25, -0.2) is 0 Å². The van der Waals surface area contributed by atoms with Crippen LogP contribution in [0.3, 0.4) is 0 Å². The highest BCUT2D eigenvalue weighted by Crippen LogP contribution is 2.41. The lowest BCUT2D eigenvalue weighted by atomic mass is 9.93.